The number of benzene rings is 2. The number of ether oxygens (including phenoxy) is 1. The largest absolute Gasteiger partial charge is 0.452 e. The SMILES string of the molecule is CNS(=O)(=O)c1cccc(C(=O)OCC(=O)NC2CCCc3ccccc32)c1. The summed E-state index contributed by atoms with van der Waals surface area (Å²) in [6.45, 7) is -0.430. The second-order valence-electron chi connectivity index (χ2n) is 6.52. The molecule has 0 saturated heterocycles. The van der Waals surface area contributed by atoms with E-state index in [-0.39, 0.29) is 16.5 Å². The van der Waals surface area contributed by atoms with Gasteiger partial charge in [-0.3, -0.25) is 4.79 Å². The summed E-state index contributed by atoms with van der Waals surface area (Å²) in [5.74, 6) is -1.15. The summed E-state index contributed by atoms with van der Waals surface area (Å²) in [5, 5.41) is 2.90. The number of amides is 1. The zero-order valence-corrected chi connectivity index (χ0v) is 16.3. The van der Waals surface area contributed by atoms with Crippen molar-refractivity contribution in [1.29, 1.82) is 0 Å². The first kappa shape index (κ1) is 20.0. The molecule has 0 spiro atoms. The lowest BCUT2D eigenvalue weighted by Crippen LogP contribution is -2.34. The molecule has 1 unspecified atom stereocenters. The molecular formula is C20H22N2O5S. The molecule has 0 heterocycles. The van der Waals surface area contributed by atoms with Gasteiger partial charge in [0.1, 0.15) is 0 Å². The zero-order valence-electron chi connectivity index (χ0n) is 15.5. The van der Waals surface area contributed by atoms with Crippen molar-refractivity contribution in [2.45, 2.75) is 30.2 Å². The highest BCUT2D eigenvalue weighted by Gasteiger charge is 2.22. The molecule has 2 N–H and O–H groups in total. The van der Waals surface area contributed by atoms with Crippen LogP contribution in [-0.4, -0.2) is 33.9 Å². The van der Waals surface area contributed by atoms with E-state index in [0.717, 1.165) is 24.8 Å². The Kier molecular flexibility index (Phi) is 6.11. The molecule has 148 valence electrons. The Labute approximate surface area is 164 Å². The minimum absolute atomic E-state index is 0.0484. The van der Waals surface area contributed by atoms with E-state index in [1.807, 2.05) is 18.2 Å². The predicted molar refractivity (Wildman–Crippen MR) is 103 cm³/mol. The maximum absolute atomic E-state index is 12.2. The van der Waals surface area contributed by atoms with Gasteiger partial charge in [-0.05, 0) is 55.6 Å². The average molecular weight is 402 g/mol. The number of hydrogen-bond donors (Lipinski definition) is 2. The van der Waals surface area contributed by atoms with E-state index in [1.165, 1.54) is 36.9 Å². The van der Waals surface area contributed by atoms with Crippen LogP contribution in [-0.2, 0) is 26.0 Å². The fraction of sp³-hybridized carbons (Fsp3) is 0.300. The number of sulfonamides is 1. The molecule has 7 nitrogen and oxygen atoms in total. The van der Waals surface area contributed by atoms with Gasteiger partial charge in [-0.25, -0.2) is 17.9 Å². The first-order valence-electron chi connectivity index (χ1n) is 8.98. The summed E-state index contributed by atoms with van der Waals surface area (Å²) in [5.41, 5.74) is 2.38. The minimum Gasteiger partial charge on any atom is -0.452 e. The Morgan fingerprint density at radius 3 is 2.71 bits per heavy atom. The Bertz CT molecular complexity index is 988. The number of nitrogens with one attached hydrogen (secondary N) is 2. The van der Waals surface area contributed by atoms with E-state index in [9.17, 15) is 18.0 Å². The average Bonchev–Trinajstić information content (AvgIpc) is 2.72. The van der Waals surface area contributed by atoms with Crippen LogP contribution in [0.5, 0.6) is 0 Å². The number of hydrogen-bond acceptors (Lipinski definition) is 5. The van der Waals surface area contributed by atoms with Crippen LogP contribution in [0, 0.1) is 0 Å². The second-order valence-corrected chi connectivity index (χ2v) is 8.41. The zero-order chi connectivity index (χ0) is 20.1. The summed E-state index contributed by atoms with van der Waals surface area (Å²) in [6.07, 6.45) is 2.80. The molecular weight excluding hydrogens is 380 g/mol. The van der Waals surface area contributed by atoms with Crippen molar-refractivity contribution in [3.63, 3.8) is 0 Å². The lowest BCUT2D eigenvalue weighted by Gasteiger charge is -2.26. The van der Waals surface area contributed by atoms with Gasteiger partial charge in [0.2, 0.25) is 10.0 Å². The molecule has 0 saturated carbocycles. The summed E-state index contributed by atoms with van der Waals surface area (Å²) < 4.78 is 30.9. The van der Waals surface area contributed by atoms with Crippen LogP contribution >= 0.6 is 0 Å². The van der Waals surface area contributed by atoms with Gasteiger partial charge in [0.25, 0.3) is 5.91 Å². The second kappa shape index (κ2) is 8.53. The first-order valence-corrected chi connectivity index (χ1v) is 10.5. The monoisotopic (exact) mass is 402 g/mol. The maximum atomic E-state index is 12.2. The standard InChI is InChI=1S/C20H22N2O5S/c1-21-28(25,26)16-9-4-8-15(12-16)20(24)27-13-19(23)22-18-11-5-7-14-6-2-3-10-17(14)18/h2-4,6,8-10,12,18,21H,5,7,11,13H2,1H3,(H,22,23). The number of fused-ring (bicyclic) bond motifs is 1. The van der Waals surface area contributed by atoms with Gasteiger partial charge >= 0.3 is 5.97 Å². The molecule has 28 heavy (non-hydrogen) atoms. The van der Waals surface area contributed by atoms with Crippen molar-refractivity contribution in [2.24, 2.45) is 0 Å². The van der Waals surface area contributed by atoms with E-state index in [1.54, 1.807) is 0 Å². The van der Waals surface area contributed by atoms with Gasteiger partial charge < -0.3 is 10.1 Å². The van der Waals surface area contributed by atoms with Crippen molar-refractivity contribution in [3.05, 3.63) is 65.2 Å². The lowest BCUT2D eigenvalue weighted by atomic mass is 9.88. The van der Waals surface area contributed by atoms with Crippen molar-refractivity contribution >= 4 is 21.9 Å². The van der Waals surface area contributed by atoms with Crippen LogP contribution in [0.1, 0.15) is 40.4 Å². The van der Waals surface area contributed by atoms with Crippen LogP contribution in [0.25, 0.3) is 0 Å². The number of esters is 1. The lowest BCUT2D eigenvalue weighted by molar-refractivity contribution is -0.125. The third kappa shape index (κ3) is 4.58. The fourth-order valence-electron chi connectivity index (χ4n) is 3.26. The normalized spacial score (nSPS) is 16.1. The topological polar surface area (TPSA) is 102 Å². The first-order chi connectivity index (χ1) is 13.4. The van der Waals surface area contributed by atoms with Crippen LogP contribution in [0.3, 0.4) is 0 Å². The summed E-state index contributed by atoms with van der Waals surface area (Å²) >= 11 is 0. The van der Waals surface area contributed by atoms with Crippen LogP contribution < -0.4 is 10.0 Å². The molecule has 0 fully saturated rings. The van der Waals surface area contributed by atoms with Gasteiger partial charge in [0, 0.05) is 0 Å². The van der Waals surface area contributed by atoms with E-state index in [4.69, 9.17) is 4.74 Å². The Balaban J connectivity index is 1.60. The third-order valence-electron chi connectivity index (χ3n) is 4.69. The van der Waals surface area contributed by atoms with Gasteiger partial charge in [-0.1, -0.05) is 30.3 Å². The van der Waals surface area contributed by atoms with Crippen LogP contribution in [0.2, 0.25) is 0 Å². The molecule has 8 heteroatoms. The third-order valence-corrected chi connectivity index (χ3v) is 6.10. The van der Waals surface area contributed by atoms with Crippen molar-refractivity contribution in [1.82, 2.24) is 10.0 Å². The Morgan fingerprint density at radius 2 is 1.93 bits per heavy atom. The molecule has 2 aromatic carbocycles. The van der Waals surface area contributed by atoms with E-state index in [0.29, 0.717) is 0 Å². The fourth-order valence-corrected chi connectivity index (χ4v) is 4.04. The molecule has 1 aliphatic carbocycles. The highest BCUT2D eigenvalue weighted by molar-refractivity contribution is 7.89. The quantitative estimate of drug-likeness (QED) is 0.719. The van der Waals surface area contributed by atoms with Crippen molar-refractivity contribution in [2.75, 3.05) is 13.7 Å². The smallest absolute Gasteiger partial charge is 0.338 e. The summed E-state index contributed by atoms with van der Waals surface area (Å²) in [6, 6.07) is 13.3. The van der Waals surface area contributed by atoms with E-state index < -0.39 is 28.5 Å². The highest BCUT2D eigenvalue weighted by Crippen LogP contribution is 2.29. The van der Waals surface area contributed by atoms with Crippen LogP contribution in [0.4, 0.5) is 0 Å². The molecule has 1 amide bonds. The minimum atomic E-state index is -3.67. The predicted octanol–water partition coefficient (Wildman–Crippen LogP) is 1.95. The number of rotatable bonds is 6. The summed E-state index contributed by atoms with van der Waals surface area (Å²) in [4.78, 5) is 24.4. The summed E-state index contributed by atoms with van der Waals surface area (Å²) in [7, 11) is -2.38. The van der Waals surface area contributed by atoms with E-state index >= 15 is 0 Å². The highest BCUT2D eigenvalue weighted by atomic mass is 32.2. The van der Waals surface area contributed by atoms with Gasteiger partial charge in [-0.15, -0.1) is 0 Å². The molecule has 1 aliphatic rings. The molecule has 3 rings (SSSR count). The molecule has 0 radical (unpaired) electrons. The van der Waals surface area contributed by atoms with Gasteiger partial charge in [0.15, 0.2) is 6.61 Å². The van der Waals surface area contributed by atoms with E-state index in [2.05, 4.69) is 16.1 Å². The molecule has 2 aromatic rings. The Morgan fingerprint density at radius 1 is 1.14 bits per heavy atom. The van der Waals surface area contributed by atoms with Crippen LogP contribution in [0.15, 0.2) is 53.4 Å². The number of carbonyl (C=O) groups excluding carboxylic acids is 2. The Hall–Kier alpha value is -2.71. The molecule has 0 aliphatic heterocycles. The maximum Gasteiger partial charge on any atom is 0.338 e. The van der Waals surface area contributed by atoms with Gasteiger partial charge in [0.05, 0.1) is 16.5 Å². The van der Waals surface area contributed by atoms with Crippen molar-refractivity contribution < 1.29 is 22.7 Å². The molecule has 0 bridgehead atoms. The number of carbonyl (C=O) groups is 2. The molecule has 1 atom stereocenters. The van der Waals surface area contributed by atoms with Crippen molar-refractivity contribution in [3.8, 4) is 0 Å². The van der Waals surface area contributed by atoms with Gasteiger partial charge in [-0.2, -0.15) is 0 Å². The molecule has 0 aromatic heterocycles. The number of aryl methyl sites for hydroxylation is 1.